The summed E-state index contributed by atoms with van der Waals surface area (Å²) in [4.78, 5) is 13.2. The maximum Gasteiger partial charge on any atom is 0.253 e. The summed E-state index contributed by atoms with van der Waals surface area (Å²) in [5, 5.41) is 2.96. The van der Waals surface area contributed by atoms with Gasteiger partial charge in [0.25, 0.3) is 5.91 Å². The van der Waals surface area contributed by atoms with E-state index in [1.165, 1.54) is 4.31 Å². The first-order valence-corrected chi connectivity index (χ1v) is 12.2. The Hall–Kier alpha value is -3.52. The molecule has 0 aliphatic rings. The van der Waals surface area contributed by atoms with Crippen molar-refractivity contribution in [1.29, 1.82) is 0 Å². The second-order valence-electron chi connectivity index (χ2n) is 7.58. The summed E-state index contributed by atoms with van der Waals surface area (Å²) < 4.78 is 37.2. The monoisotopic (exact) mass is 468 g/mol. The molecular weight excluding hydrogens is 440 g/mol. The number of hydrogen-bond acceptors (Lipinski definition) is 5. The molecule has 0 saturated heterocycles. The molecule has 0 aromatic heterocycles. The van der Waals surface area contributed by atoms with Gasteiger partial charge in [-0.25, -0.2) is 8.42 Å². The molecule has 1 atom stereocenters. The maximum absolute atomic E-state index is 13.2. The second kappa shape index (κ2) is 10.4. The molecule has 0 bridgehead atoms. The van der Waals surface area contributed by atoms with Gasteiger partial charge < -0.3 is 14.8 Å². The van der Waals surface area contributed by atoms with Crippen molar-refractivity contribution in [2.75, 3.05) is 24.8 Å². The number of methoxy groups -OCH3 is 2. The molecule has 3 aromatic rings. The molecule has 0 fully saturated rings. The summed E-state index contributed by atoms with van der Waals surface area (Å²) in [6.45, 7) is 1.97. The number of carbonyl (C=O) groups is 1. The summed E-state index contributed by atoms with van der Waals surface area (Å²) in [5.74, 6) is 0.770. The van der Waals surface area contributed by atoms with Crippen LogP contribution in [0, 0.1) is 0 Å². The summed E-state index contributed by atoms with van der Waals surface area (Å²) in [6, 6.07) is 21.0. The lowest BCUT2D eigenvalue weighted by Crippen LogP contribution is -2.33. The van der Waals surface area contributed by atoms with Crippen LogP contribution in [0.25, 0.3) is 0 Å². The highest BCUT2D eigenvalue weighted by atomic mass is 32.2. The Morgan fingerprint density at radius 2 is 1.58 bits per heavy atom. The van der Waals surface area contributed by atoms with Gasteiger partial charge in [0.1, 0.15) is 0 Å². The predicted octanol–water partition coefficient (Wildman–Crippen LogP) is 4.16. The summed E-state index contributed by atoms with van der Waals surface area (Å²) in [6.07, 6.45) is 1.14. The van der Waals surface area contributed by atoms with Crippen molar-refractivity contribution in [3.8, 4) is 11.5 Å². The summed E-state index contributed by atoms with van der Waals surface area (Å²) >= 11 is 0. The number of nitrogens with one attached hydrogen (secondary N) is 1. The minimum atomic E-state index is -3.65. The molecule has 0 aliphatic carbocycles. The molecule has 1 amide bonds. The van der Waals surface area contributed by atoms with Gasteiger partial charge in [0.05, 0.1) is 44.3 Å². The number of ether oxygens (including phenoxy) is 2. The third-order valence-corrected chi connectivity index (χ3v) is 6.37. The van der Waals surface area contributed by atoms with E-state index in [1.807, 2.05) is 43.3 Å². The van der Waals surface area contributed by atoms with Crippen LogP contribution >= 0.6 is 0 Å². The van der Waals surface area contributed by atoms with Crippen molar-refractivity contribution in [2.24, 2.45) is 0 Å². The highest BCUT2D eigenvalue weighted by Gasteiger charge is 2.24. The van der Waals surface area contributed by atoms with Crippen molar-refractivity contribution in [2.45, 2.75) is 19.5 Å². The van der Waals surface area contributed by atoms with Crippen LogP contribution in [0.5, 0.6) is 11.5 Å². The molecular formula is C25H28N2O5S. The minimum Gasteiger partial charge on any atom is -0.493 e. The Morgan fingerprint density at radius 3 is 2.21 bits per heavy atom. The number of para-hydroxylation sites is 1. The van der Waals surface area contributed by atoms with Gasteiger partial charge in [-0.1, -0.05) is 48.5 Å². The SMILES string of the molecule is COc1ccc(C(C)NC(=O)c2ccccc2N(Cc2ccccc2)S(C)(=O)=O)cc1OC. The zero-order valence-electron chi connectivity index (χ0n) is 19.1. The van der Waals surface area contributed by atoms with E-state index in [9.17, 15) is 13.2 Å². The number of amides is 1. The number of carbonyl (C=O) groups excluding carboxylic acids is 1. The normalized spacial score (nSPS) is 12.0. The van der Waals surface area contributed by atoms with Crippen LogP contribution in [0.3, 0.4) is 0 Å². The molecule has 1 N–H and O–H groups in total. The van der Waals surface area contributed by atoms with Crippen molar-refractivity contribution in [3.63, 3.8) is 0 Å². The number of sulfonamides is 1. The predicted molar refractivity (Wildman–Crippen MR) is 129 cm³/mol. The summed E-state index contributed by atoms with van der Waals surface area (Å²) in [7, 11) is -0.539. The van der Waals surface area contributed by atoms with Gasteiger partial charge >= 0.3 is 0 Å². The van der Waals surface area contributed by atoms with E-state index in [2.05, 4.69) is 5.32 Å². The average Bonchev–Trinajstić information content (AvgIpc) is 2.82. The van der Waals surface area contributed by atoms with E-state index < -0.39 is 10.0 Å². The molecule has 7 nitrogen and oxygen atoms in total. The van der Waals surface area contributed by atoms with Gasteiger partial charge in [-0.15, -0.1) is 0 Å². The molecule has 0 spiro atoms. The Morgan fingerprint density at radius 1 is 0.939 bits per heavy atom. The largest absolute Gasteiger partial charge is 0.493 e. The van der Waals surface area contributed by atoms with Crippen molar-refractivity contribution >= 4 is 21.6 Å². The second-order valence-corrected chi connectivity index (χ2v) is 9.49. The number of benzene rings is 3. The van der Waals surface area contributed by atoms with Crippen LogP contribution in [0.4, 0.5) is 5.69 Å². The number of anilines is 1. The topological polar surface area (TPSA) is 84.9 Å². The molecule has 3 rings (SSSR count). The standard InChI is InChI=1S/C25H28N2O5S/c1-18(20-14-15-23(31-2)24(16-20)32-3)26-25(28)21-12-8-9-13-22(21)27(33(4,29)30)17-19-10-6-5-7-11-19/h5-16,18H,17H2,1-4H3,(H,26,28). The Bertz CT molecular complexity index is 1210. The fraction of sp³-hybridized carbons (Fsp3) is 0.240. The third kappa shape index (κ3) is 5.84. The molecule has 0 radical (unpaired) electrons. The van der Waals surface area contributed by atoms with Gasteiger partial charge in [0.2, 0.25) is 10.0 Å². The highest BCUT2D eigenvalue weighted by molar-refractivity contribution is 7.92. The number of hydrogen-bond donors (Lipinski definition) is 1. The smallest absolute Gasteiger partial charge is 0.253 e. The Kier molecular flexibility index (Phi) is 7.60. The number of rotatable bonds is 9. The van der Waals surface area contributed by atoms with Crippen LogP contribution in [0.15, 0.2) is 72.8 Å². The van der Waals surface area contributed by atoms with E-state index in [-0.39, 0.29) is 24.1 Å². The van der Waals surface area contributed by atoms with Crippen LogP contribution in [0.1, 0.15) is 34.5 Å². The van der Waals surface area contributed by atoms with Crippen LogP contribution < -0.4 is 19.1 Å². The molecule has 3 aromatic carbocycles. The van der Waals surface area contributed by atoms with E-state index >= 15 is 0 Å². The third-order valence-electron chi connectivity index (χ3n) is 5.24. The van der Waals surface area contributed by atoms with Gasteiger partial charge in [-0.2, -0.15) is 0 Å². The Labute approximate surface area is 195 Å². The molecule has 0 heterocycles. The molecule has 8 heteroatoms. The highest BCUT2D eigenvalue weighted by Crippen LogP contribution is 2.30. The molecule has 0 aliphatic heterocycles. The zero-order chi connectivity index (χ0) is 24.0. The van der Waals surface area contributed by atoms with Crippen LogP contribution in [-0.2, 0) is 16.6 Å². The minimum absolute atomic E-state index is 0.120. The van der Waals surface area contributed by atoms with Gasteiger partial charge in [-0.05, 0) is 42.3 Å². The average molecular weight is 469 g/mol. The molecule has 33 heavy (non-hydrogen) atoms. The van der Waals surface area contributed by atoms with Crippen molar-refractivity contribution in [1.82, 2.24) is 5.32 Å². The lowest BCUT2D eigenvalue weighted by Gasteiger charge is -2.25. The molecule has 174 valence electrons. The summed E-state index contributed by atoms with van der Waals surface area (Å²) in [5.41, 5.74) is 2.23. The first-order chi connectivity index (χ1) is 15.7. The lowest BCUT2D eigenvalue weighted by atomic mass is 10.1. The maximum atomic E-state index is 13.2. The first kappa shape index (κ1) is 24.1. The van der Waals surface area contributed by atoms with Crippen molar-refractivity contribution in [3.05, 3.63) is 89.5 Å². The Balaban J connectivity index is 1.90. The van der Waals surface area contributed by atoms with E-state index in [0.717, 1.165) is 17.4 Å². The van der Waals surface area contributed by atoms with E-state index in [0.29, 0.717) is 17.2 Å². The van der Waals surface area contributed by atoms with Gasteiger partial charge in [-0.3, -0.25) is 9.10 Å². The molecule has 1 unspecified atom stereocenters. The quantitative estimate of drug-likeness (QED) is 0.510. The zero-order valence-corrected chi connectivity index (χ0v) is 19.9. The number of nitrogens with zero attached hydrogens (tertiary/aromatic N) is 1. The lowest BCUT2D eigenvalue weighted by molar-refractivity contribution is 0.0940. The first-order valence-electron chi connectivity index (χ1n) is 10.4. The van der Waals surface area contributed by atoms with Gasteiger partial charge in [0, 0.05) is 0 Å². The van der Waals surface area contributed by atoms with Crippen LogP contribution in [-0.4, -0.2) is 34.8 Å². The fourth-order valence-corrected chi connectivity index (χ4v) is 4.39. The van der Waals surface area contributed by atoms with E-state index in [1.54, 1.807) is 50.6 Å². The van der Waals surface area contributed by atoms with Crippen molar-refractivity contribution < 1.29 is 22.7 Å². The van der Waals surface area contributed by atoms with Gasteiger partial charge in [0.15, 0.2) is 11.5 Å². The fourth-order valence-electron chi connectivity index (χ4n) is 3.49. The molecule has 0 saturated carbocycles. The van der Waals surface area contributed by atoms with Crippen LogP contribution in [0.2, 0.25) is 0 Å². The van der Waals surface area contributed by atoms with E-state index in [4.69, 9.17) is 9.47 Å².